The minimum Gasteiger partial charge on any atom is -0.306 e. The standard InChI is InChI=1S/C22H23N3O3.C2H6/c1-24-11-9-13(10-12-24)14-5-6-17-20-15(14)3-2-4-16(20)22(28)25(17)18-7-8-19(26)23-21(18)27;1-2/h2-6,13,18H,7-12H2,1H3,(H,23,26,27);1-2H3. The van der Waals surface area contributed by atoms with Crippen molar-refractivity contribution in [3.8, 4) is 0 Å². The highest BCUT2D eigenvalue weighted by molar-refractivity contribution is 6.27. The van der Waals surface area contributed by atoms with E-state index >= 15 is 0 Å². The minimum absolute atomic E-state index is 0.143. The summed E-state index contributed by atoms with van der Waals surface area (Å²) in [5.41, 5.74) is 2.75. The lowest BCUT2D eigenvalue weighted by Gasteiger charge is -2.31. The Balaban J connectivity index is 0.00000106. The first-order valence-electron chi connectivity index (χ1n) is 11.0. The maximum absolute atomic E-state index is 13.2. The number of benzene rings is 2. The number of carbonyl (C=O) groups excluding carboxylic acids is 3. The lowest BCUT2D eigenvalue weighted by molar-refractivity contribution is -0.134. The van der Waals surface area contributed by atoms with Crippen LogP contribution in [-0.2, 0) is 9.59 Å². The smallest absolute Gasteiger partial charge is 0.259 e. The van der Waals surface area contributed by atoms with Crippen LogP contribution in [0.3, 0.4) is 0 Å². The highest BCUT2D eigenvalue weighted by atomic mass is 16.2. The second-order valence-electron chi connectivity index (χ2n) is 8.12. The fraction of sp³-hybridized carbons (Fsp3) is 0.458. The van der Waals surface area contributed by atoms with Crippen molar-refractivity contribution in [2.45, 2.75) is 51.5 Å². The van der Waals surface area contributed by atoms with E-state index in [4.69, 9.17) is 0 Å². The number of carbonyl (C=O) groups is 3. The van der Waals surface area contributed by atoms with E-state index in [0.29, 0.717) is 17.9 Å². The minimum atomic E-state index is -0.630. The zero-order valence-electron chi connectivity index (χ0n) is 17.9. The lowest BCUT2D eigenvalue weighted by Crippen LogP contribution is -2.53. The molecule has 1 N–H and O–H groups in total. The largest absolute Gasteiger partial charge is 0.306 e. The molecule has 2 aromatic carbocycles. The number of nitrogens with one attached hydrogen (secondary N) is 1. The number of hydrogen-bond donors (Lipinski definition) is 1. The quantitative estimate of drug-likeness (QED) is 0.775. The van der Waals surface area contributed by atoms with Gasteiger partial charge in [0.25, 0.3) is 5.91 Å². The molecule has 1 atom stereocenters. The van der Waals surface area contributed by atoms with Crippen molar-refractivity contribution in [1.82, 2.24) is 10.2 Å². The van der Waals surface area contributed by atoms with Crippen molar-refractivity contribution >= 4 is 34.2 Å². The van der Waals surface area contributed by atoms with Gasteiger partial charge in [0.1, 0.15) is 6.04 Å². The van der Waals surface area contributed by atoms with Gasteiger partial charge in [0.2, 0.25) is 11.8 Å². The molecular formula is C24H29N3O3. The molecule has 30 heavy (non-hydrogen) atoms. The molecule has 2 aromatic rings. The number of hydrogen-bond acceptors (Lipinski definition) is 4. The van der Waals surface area contributed by atoms with Gasteiger partial charge in [-0.3, -0.25) is 24.6 Å². The van der Waals surface area contributed by atoms with Gasteiger partial charge >= 0.3 is 0 Å². The Kier molecular flexibility index (Phi) is 5.60. The molecule has 3 amide bonds. The van der Waals surface area contributed by atoms with Crippen LogP contribution in [0.2, 0.25) is 0 Å². The fourth-order valence-electron chi connectivity index (χ4n) is 4.94. The van der Waals surface area contributed by atoms with Gasteiger partial charge in [-0.05, 0) is 68.4 Å². The summed E-state index contributed by atoms with van der Waals surface area (Å²) in [6.45, 7) is 6.16. The Hall–Kier alpha value is -2.73. The molecule has 3 heterocycles. The van der Waals surface area contributed by atoms with Crippen LogP contribution in [0.15, 0.2) is 30.3 Å². The number of amides is 3. The summed E-state index contributed by atoms with van der Waals surface area (Å²) in [5, 5.41) is 4.45. The summed E-state index contributed by atoms with van der Waals surface area (Å²) < 4.78 is 0. The van der Waals surface area contributed by atoms with Gasteiger partial charge in [-0.15, -0.1) is 0 Å². The molecule has 2 fully saturated rings. The first-order valence-corrected chi connectivity index (χ1v) is 11.0. The average Bonchev–Trinajstić information content (AvgIpc) is 3.04. The summed E-state index contributed by atoms with van der Waals surface area (Å²) >= 11 is 0. The number of rotatable bonds is 2. The molecule has 5 rings (SSSR count). The van der Waals surface area contributed by atoms with Crippen LogP contribution < -0.4 is 10.2 Å². The number of likely N-dealkylation sites (tertiary alicyclic amines) is 1. The van der Waals surface area contributed by atoms with Gasteiger partial charge in [-0.25, -0.2) is 0 Å². The number of anilines is 1. The SMILES string of the molecule is CC.CN1CCC(c2ccc3c4c(cccc24)C(=O)N3C2CCC(=O)NC2=O)CC1. The predicted octanol–water partition coefficient (Wildman–Crippen LogP) is 3.44. The third-order valence-electron chi connectivity index (χ3n) is 6.44. The Labute approximate surface area is 177 Å². The van der Waals surface area contributed by atoms with E-state index < -0.39 is 6.04 Å². The van der Waals surface area contributed by atoms with Gasteiger partial charge in [-0.2, -0.15) is 0 Å². The maximum atomic E-state index is 13.2. The average molecular weight is 408 g/mol. The third-order valence-corrected chi connectivity index (χ3v) is 6.44. The second kappa shape index (κ2) is 8.19. The molecule has 3 aliphatic rings. The molecule has 0 aliphatic carbocycles. The monoisotopic (exact) mass is 407 g/mol. The van der Waals surface area contributed by atoms with Gasteiger partial charge in [-0.1, -0.05) is 32.0 Å². The molecule has 6 nitrogen and oxygen atoms in total. The van der Waals surface area contributed by atoms with Crippen molar-refractivity contribution in [2.24, 2.45) is 0 Å². The highest BCUT2D eigenvalue weighted by Gasteiger charge is 2.41. The Morgan fingerprint density at radius 3 is 2.40 bits per heavy atom. The molecule has 0 saturated carbocycles. The van der Waals surface area contributed by atoms with Gasteiger partial charge in [0, 0.05) is 17.4 Å². The van der Waals surface area contributed by atoms with Gasteiger partial charge < -0.3 is 4.90 Å². The van der Waals surface area contributed by atoms with Crippen molar-refractivity contribution in [2.75, 3.05) is 25.0 Å². The number of piperidine rings is 2. The molecule has 1 unspecified atom stereocenters. The van der Waals surface area contributed by atoms with E-state index in [1.807, 2.05) is 32.0 Å². The molecule has 0 spiro atoms. The summed E-state index contributed by atoms with van der Waals surface area (Å²) in [6, 6.07) is 9.37. The van der Waals surface area contributed by atoms with Crippen molar-refractivity contribution in [3.05, 3.63) is 41.5 Å². The molecular weight excluding hydrogens is 378 g/mol. The molecule has 2 saturated heterocycles. The van der Waals surface area contributed by atoms with E-state index in [2.05, 4.69) is 29.4 Å². The van der Waals surface area contributed by atoms with Gasteiger partial charge in [0.15, 0.2) is 0 Å². The topological polar surface area (TPSA) is 69.7 Å². The first kappa shape index (κ1) is 20.5. The zero-order valence-corrected chi connectivity index (χ0v) is 17.9. The molecule has 0 bridgehead atoms. The molecule has 158 valence electrons. The molecule has 0 aromatic heterocycles. The molecule has 3 aliphatic heterocycles. The van der Waals surface area contributed by atoms with E-state index in [1.165, 1.54) is 5.56 Å². The zero-order chi connectivity index (χ0) is 21.4. The maximum Gasteiger partial charge on any atom is 0.259 e. The molecule has 6 heteroatoms. The molecule has 0 radical (unpaired) electrons. The normalized spacial score (nSPS) is 22.2. The summed E-state index contributed by atoms with van der Waals surface area (Å²) in [7, 11) is 2.15. The van der Waals surface area contributed by atoms with Crippen LogP contribution in [0.25, 0.3) is 10.8 Å². The predicted molar refractivity (Wildman–Crippen MR) is 118 cm³/mol. The Morgan fingerprint density at radius 1 is 0.967 bits per heavy atom. The van der Waals surface area contributed by atoms with Crippen LogP contribution in [0, 0.1) is 0 Å². The van der Waals surface area contributed by atoms with E-state index in [9.17, 15) is 14.4 Å². The summed E-state index contributed by atoms with van der Waals surface area (Å²) in [5.74, 6) is -0.311. The number of imide groups is 1. The fourth-order valence-corrected chi connectivity index (χ4v) is 4.94. The van der Waals surface area contributed by atoms with E-state index in [0.717, 1.165) is 42.4 Å². The van der Waals surface area contributed by atoms with Crippen molar-refractivity contribution in [1.29, 1.82) is 0 Å². The Morgan fingerprint density at radius 2 is 1.70 bits per heavy atom. The number of nitrogens with zero attached hydrogens (tertiary/aromatic N) is 2. The highest BCUT2D eigenvalue weighted by Crippen LogP contribution is 2.43. The first-order chi connectivity index (χ1) is 14.5. The lowest BCUT2D eigenvalue weighted by atomic mass is 9.85. The van der Waals surface area contributed by atoms with Crippen molar-refractivity contribution in [3.63, 3.8) is 0 Å². The van der Waals surface area contributed by atoms with E-state index in [1.54, 1.807) is 4.90 Å². The van der Waals surface area contributed by atoms with Crippen molar-refractivity contribution < 1.29 is 14.4 Å². The second-order valence-corrected chi connectivity index (χ2v) is 8.12. The van der Waals surface area contributed by atoms with Crippen LogP contribution >= 0.6 is 0 Å². The van der Waals surface area contributed by atoms with Gasteiger partial charge in [0.05, 0.1) is 5.69 Å². The van der Waals surface area contributed by atoms with Crippen LogP contribution in [-0.4, -0.2) is 48.8 Å². The van der Waals surface area contributed by atoms with Crippen LogP contribution in [0.4, 0.5) is 5.69 Å². The summed E-state index contributed by atoms with van der Waals surface area (Å²) in [6.07, 6.45) is 2.84. The van der Waals surface area contributed by atoms with Crippen LogP contribution in [0.5, 0.6) is 0 Å². The summed E-state index contributed by atoms with van der Waals surface area (Å²) in [4.78, 5) is 41.1. The van der Waals surface area contributed by atoms with E-state index in [-0.39, 0.29) is 24.1 Å². The third kappa shape index (κ3) is 3.29. The Bertz CT molecular complexity index is 1010. The van der Waals surface area contributed by atoms with Crippen LogP contribution in [0.1, 0.15) is 61.4 Å².